The number of hydrogen-bond acceptors (Lipinski definition) is 3. The standard InChI is InChI=1S/C21H31N3O/c1-17-6-3-4-7-19(17)23-13-8-18(9-14-23)24-15-11-21(16-24)10-5-12-22(2)20(21)25/h3-4,6-7,18H,5,8-16H2,1-2H3/t21-/m1/s1. The number of hydrogen-bond donors (Lipinski definition) is 0. The molecule has 3 aliphatic heterocycles. The van der Waals surface area contributed by atoms with Crippen molar-refractivity contribution in [3.63, 3.8) is 0 Å². The summed E-state index contributed by atoms with van der Waals surface area (Å²) >= 11 is 0. The number of para-hydroxylation sites is 1. The Balaban J connectivity index is 1.38. The molecule has 1 aromatic rings. The Kier molecular flexibility index (Phi) is 4.48. The normalized spacial score (nSPS) is 29.0. The van der Waals surface area contributed by atoms with Gasteiger partial charge in [-0.1, -0.05) is 18.2 Å². The lowest BCUT2D eigenvalue weighted by atomic mass is 9.78. The highest BCUT2D eigenvalue weighted by atomic mass is 16.2. The van der Waals surface area contributed by atoms with Gasteiger partial charge in [0.05, 0.1) is 5.41 Å². The Labute approximate surface area is 151 Å². The van der Waals surface area contributed by atoms with Crippen molar-refractivity contribution in [3.05, 3.63) is 29.8 Å². The molecule has 4 nitrogen and oxygen atoms in total. The second kappa shape index (κ2) is 6.64. The van der Waals surface area contributed by atoms with Gasteiger partial charge in [-0.3, -0.25) is 9.69 Å². The highest BCUT2D eigenvalue weighted by molar-refractivity contribution is 5.83. The summed E-state index contributed by atoms with van der Waals surface area (Å²) in [6, 6.07) is 9.37. The molecule has 3 saturated heterocycles. The van der Waals surface area contributed by atoms with Crippen LogP contribution in [-0.4, -0.2) is 61.5 Å². The number of carbonyl (C=O) groups is 1. The largest absolute Gasteiger partial charge is 0.371 e. The number of anilines is 1. The van der Waals surface area contributed by atoms with Crippen LogP contribution in [0.2, 0.25) is 0 Å². The summed E-state index contributed by atoms with van der Waals surface area (Å²) in [5.41, 5.74) is 2.69. The predicted octanol–water partition coefficient (Wildman–Crippen LogP) is 2.91. The zero-order valence-corrected chi connectivity index (χ0v) is 15.7. The van der Waals surface area contributed by atoms with Crippen molar-refractivity contribution in [2.24, 2.45) is 5.41 Å². The molecule has 4 heteroatoms. The minimum Gasteiger partial charge on any atom is -0.371 e. The fourth-order valence-corrected chi connectivity index (χ4v) is 5.25. The lowest BCUT2D eigenvalue weighted by Crippen LogP contribution is -2.50. The van der Waals surface area contributed by atoms with E-state index in [0.717, 1.165) is 45.6 Å². The predicted molar refractivity (Wildman–Crippen MR) is 102 cm³/mol. The van der Waals surface area contributed by atoms with Gasteiger partial charge in [0.15, 0.2) is 0 Å². The zero-order chi connectivity index (χ0) is 17.4. The second-order valence-corrected chi connectivity index (χ2v) is 8.34. The van der Waals surface area contributed by atoms with Crippen LogP contribution in [0.1, 0.15) is 37.7 Å². The lowest BCUT2D eigenvalue weighted by molar-refractivity contribution is -0.144. The molecule has 4 rings (SSSR count). The third-order valence-corrected chi connectivity index (χ3v) is 6.77. The first-order valence-electron chi connectivity index (χ1n) is 9.89. The monoisotopic (exact) mass is 341 g/mol. The number of carbonyl (C=O) groups excluding carboxylic acids is 1. The van der Waals surface area contributed by atoms with Gasteiger partial charge < -0.3 is 9.80 Å². The molecule has 1 amide bonds. The molecule has 3 aliphatic rings. The third kappa shape index (κ3) is 3.05. The van der Waals surface area contributed by atoms with Crippen LogP contribution < -0.4 is 4.90 Å². The van der Waals surface area contributed by atoms with Crippen LogP contribution in [0.25, 0.3) is 0 Å². The highest BCUT2D eigenvalue weighted by Gasteiger charge is 2.48. The molecular weight excluding hydrogens is 310 g/mol. The number of benzene rings is 1. The van der Waals surface area contributed by atoms with Crippen molar-refractivity contribution in [3.8, 4) is 0 Å². The van der Waals surface area contributed by atoms with Gasteiger partial charge in [-0.2, -0.15) is 0 Å². The molecule has 3 heterocycles. The van der Waals surface area contributed by atoms with Crippen LogP contribution in [0, 0.1) is 12.3 Å². The summed E-state index contributed by atoms with van der Waals surface area (Å²) < 4.78 is 0. The van der Waals surface area contributed by atoms with Crippen molar-refractivity contribution in [2.75, 3.05) is 44.7 Å². The van der Waals surface area contributed by atoms with Crippen molar-refractivity contribution in [1.82, 2.24) is 9.80 Å². The Morgan fingerprint density at radius 1 is 1.04 bits per heavy atom. The lowest BCUT2D eigenvalue weighted by Gasteiger charge is -2.40. The van der Waals surface area contributed by atoms with Crippen molar-refractivity contribution >= 4 is 11.6 Å². The van der Waals surface area contributed by atoms with Gasteiger partial charge in [0.1, 0.15) is 0 Å². The SMILES string of the molecule is Cc1ccccc1N1CCC(N2CC[C@]3(CCCN(C)C3=O)C2)CC1. The van der Waals surface area contributed by atoms with Gasteiger partial charge >= 0.3 is 0 Å². The van der Waals surface area contributed by atoms with Gasteiger partial charge in [0, 0.05) is 45.0 Å². The highest BCUT2D eigenvalue weighted by Crippen LogP contribution is 2.41. The van der Waals surface area contributed by atoms with E-state index in [0.29, 0.717) is 11.9 Å². The summed E-state index contributed by atoms with van der Waals surface area (Å²) in [5, 5.41) is 0. The summed E-state index contributed by atoms with van der Waals surface area (Å²) in [6.07, 6.45) is 5.76. The number of likely N-dealkylation sites (tertiary alicyclic amines) is 2. The first kappa shape index (κ1) is 16.9. The van der Waals surface area contributed by atoms with Crippen LogP contribution in [0.15, 0.2) is 24.3 Å². The van der Waals surface area contributed by atoms with E-state index in [4.69, 9.17) is 0 Å². The van der Waals surface area contributed by atoms with Crippen LogP contribution in [-0.2, 0) is 4.79 Å². The van der Waals surface area contributed by atoms with E-state index in [2.05, 4.69) is 41.0 Å². The minimum absolute atomic E-state index is 0.0693. The maximum atomic E-state index is 12.7. The number of piperidine rings is 2. The van der Waals surface area contributed by atoms with Crippen molar-refractivity contribution < 1.29 is 4.79 Å². The molecule has 1 spiro atoms. The first-order chi connectivity index (χ1) is 12.1. The molecule has 0 radical (unpaired) electrons. The van der Waals surface area contributed by atoms with E-state index in [1.165, 1.54) is 30.5 Å². The van der Waals surface area contributed by atoms with Gasteiger partial charge in [-0.15, -0.1) is 0 Å². The van der Waals surface area contributed by atoms with Crippen LogP contribution in [0.5, 0.6) is 0 Å². The van der Waals surface area contributed by atoms with E-state index < -0.39 is 0 Å². The van der Waals surface area contributed by atoms with Crippen molar-refractivity contribution in [2.45, 2.75) is 45.1 Å². The number of aryl methyl sites for hydroxylation is 1. The molecule has 0 saturated carbocycles. The van der Waals surface area contributed by atoms with E-state index in [-0.39, 0.29) is 5.41 Å². The number of nitrogens with zero attached hydrogens (tertiary/aromatic N) is 3. The maximum Gasteiger partial charge on any atom is 0.229 e. The van der Waals surface area contributed by atoms with E-state index in [9.17, 15) is 4.79 Å². The third-order valence-electron chi connectivity index (χ3n) is 6.77. The molecular formula is C21H31N3O. The van der Waals surface area contributed by atoms with E-state index in [1.54, 1.807) is 0 Å². The fraction of sp³-hybridized carbons (Fsp3) is 0.667. The molecule has 25 heavy (non-hydrogen) atoms. The zero-order valence-electron chi connectivity index (χ0n) is 15.7. The average Bonchev–Trinajstić information content (AvgIpc) is 3.05. The Morgan fingerprint density at radius 2 is 1.80 bits per heavy atom. The molecule has 0 aromatic heterocycles. The second-order valence-electron chi connectivity index (χ2n) is 8.34. The van der Waals surface area contributed by atoms with Gasteiger partial charge in [-0.25, -0.2) is 0 Å². The average molecular weight is 341 g/mol. The van der Waals surface area contributed by atoms with Gasteiger partial charge in [-0.05, 0) is 57.2 Å². The van der Waals surface area contributed by atoms with Crippen molar-refractivity contribution in [1.29, 1.82) is 0 Å². The minimum atomic E-state index is -0.0693. The summed E-state index contributed by atoms with van der Waals surface area (Å²) in [4.78, 5) is 19.9. The first-order valence-corrected chi connectivity index (χ1v) is 9.89. The van der Waals surface area contributed by atoms with Gasteiger partial charge in [0.2, 0.25) is 5.91 Å². The Morgan fingerprint density at radius 3 is 2.56 bits per heavy atom. The molecule has 1 atom stereocenters. The summed E-state index contributed by atoms with van der Waals surface area (Å²) in [6.45, 7) is 7.51. The molecule has 0 N–H and O–H groups in total. The molecule has 136 valence electrons. The Bertz CT molecular complexity index is 638. The summed E-state index contributed by atoms with van der Waals surface area (Å²) in [7, 11) is 1.98. The van der Waals surface area contributed by atoms with E-state index >= 15 is 0 Å². The molecule has 0 bridgehead atoms. The van der Waals surface area contributed by atoms with Crippen LogP contribution >= 0.6 is 0 Å². The topological polar surface area (TPSA) is 26.8 Å². The number of rotatable bonds is 2. The van der Waals surface area contributed by atoms with E-state index in [1.807, 2.05) is 11.9 Å². The summed E-state index contributed by atoms with van der Waals surface area (Å²) in [5.74, 6) is 0.401. The van der Waals surface area contributed by atoms with Crippen LogP contribution in [0.3, 0.4) is 0 Å². The quantitative estimate of drug-likeness (QED) is 0.827. The van der Waals surface area contributed by atoms with Gasteiger partial charge in [0.25, 0.3) is 0 Å². The van der Waals surface area contributed by atoms with Crippen LogP contribution in [0.4, 0.5) is 5.69 Å². The molecule has 0 aliphatic carbocycles. The maximum absolute atomic E-state index is 12.7. The molecule has 1 aromatic carbocycles. The fourth-order valence-electron chi connectivity index (χ4n) is 5.25. The molecule has 0 unspecified atom stereocenters. The number of amides is 1. The smallest absolute Gasteiger partial charge is 0.229 e. The Hall–Kier alpha value is -1.55. The molecule has 3 fully saturated rings.